The smallest absolute Gasteiger partial charge is 0.0249 e. The standard InChI is InChI=1S/C11H19N3/c1-10-7-14(6-4-12-10)9-11-3-5-13(2)8-11/h3,5,8,10,12H,4,6-7,9H2,1-2H3/t10-/m0/s1. The van der Waals surface area contributed by atoms with Crippen LogP contribution in [0, 0.1) is 0 Å². The lowest BCUT2D eigenvalue weighted by atomic mass is 10.2. The Morgan fingerprint density at radius 1 is 1.57 bits per heavy atom. The third-order valence-corrected chi connectivity index (χ3v) is 2.75. The van der Waals surface area contributed by atoms with E-state index < -0.39 is 0 Å². The zero-order valence-electron chi connectivity index (χ0n) is 9.03. The summed E-state index contributed by atoms with van der Waals surface area (Å²) < 4.78 is 2.11. The van der Waals surface area contributed by atoms with Crippen LogP contribution in [0.5, 0.6) is 0 Å². The number of hydrogen-bond acceptors (Lipinski definition) is 2. The molecule has 1 saturated heterocycles. The van der Waals surface area contributed by atoms with Gasteiger partial charge in [-0.05, 0) is 18.6 Å². The normalized spacial score (nSPS) is 24.0. The lowest BCUT2D eigenvalue weighted by Crippen LogP contribution is -2.48. The number of nitrogens with one attached hydrogen (secondary N) is 1. The van der Waals surface area contributed by atoms with E-state index in [4.69, 9.17) is 0 Å². The van der Waals surface area contributed by atoms with Crippen LogP contribution in [0.3, 0.4) is 0 Å². The Hall–Kier alpha value is -0.800. The summed E-state index contributed by atoms with van der Waals surface area (Å²) in [4.78, 5) is 2.51. The topological polar surface area (TPSA) is 20.2 Å². The Balaban J connectivity index is 1.90. The number of rotatable bonds is 2. The molecule has 1 aliphatic rings. The third kappa shape index (κ3) is 2.36. The molecule has 1 fully saturated rings. The minimum atomic E-state index is 0.632. The number of aryl methyl sites for hydroxylation is 1. The van der Waals surface area contributed by atoms with Crippen molar-refractivity contribution in [3.8, 4) is 0 Å². The van der Waals surface area contributed by atoms with E-state index in [-0.39, 0.29) is 0 Å². The van der Waals surface area contributed by atoms with Crippen molar-refractivity contribution in [2.24, 2.45) is 7.05 Å². The maximum Gasteiger partial charge on any atom is 0.0249 e. The van der Waals surface area contributed by atoms with Gasteiger partial charge in [0.1, 0.15) is 0 Å². The summed E-state index contributed by atoms with van der Waals surface area (Å²) >= 11 is 0. The van der Waals surface area contributed by atoms with Crippen LogP contribution >= 0.6 is 0 Å². The predicted molar refractivity (Wildman–Crippen MR) is 58.2 cm³/mol. The lowest BCUT2D eigenvalue weighted by molar-refractivity contribution is 0.199. The number of piperazine rings is 1. The van der Waals surface area contributed by atoms with Crippen molar-refractivity contribution >= 4 is 0 Å². The maximum atomic E-state index is 3.46. The van der Waals surface area contributed by atoms with Crippen molar-refractivity contribution in [2.75, 3.05) is 19.6 Å². The molecular formula is C11H19N3. The summed E-state index contributed by atoms with van der Waals surface area (Å²) in [6.07, 6.45) is 4.31. The summed E-state index contributed by atoms with van der Waals surface area (Å²) in [5, 5.41) is 3.46. The molecule has 1 aliphatic heterocycles. The minimum Gasteiger partial charge on any atom is -0.357 e. The first-order chi connectivity index (χ1) is 6.74. The van der Waals surface area contributed by atoms with E-state index in [0.29, 0.717) is 6.04 Å². The molecule has 0 radical (unpaired) electrons. The SMILES string of the molecule is C[C@H]1CN(Cc2ccn(C)c2)CCN1. The number of nitrogens with zero attached hydrogens (tertiary/aromatic N) is 2. The fraction of sp³-hybridized carbons (Fsp3) is 0.636. The van der Waals surface area contributed by atoms with Gasteiger partial charge in [0.05, 0.1) is 0 Å². The van der Waals surface area contributed by atoms with Gasteiger partial charge in [0.25, 0.3) is 0 Å². The Morgan fingerprint density at radius 2 is 2.43 bits per heavy atom. The van der Waals surface area contributed by atoms with Crippen LogP contribution in [0.4, 0.5) is 0 Å². The van der Waals surface area contributed by atoms with Gasteiger partial charge >= 0.3 is 0 Å². The lowest BCUT2D eigenvalue weighted by Gasteiger charge is -2.31. The highest BCUT2D eigenvalue weighted by atomic mass is 15.2. The fourth-order valence-electron chi connectivity index (χ4n) is 2.07. The van der Waals surface area contributed by atoms with E-state index >= 15 is 0 Å². The largest absolute Gasteiger partial charge is 0.357 e. The molecule has 2 heterocycles. The quantitative estimate of drug-likeness (QED) is 0.750. The summed E-state index contributed by atoms with van der Waals surface area (Å²) in [6, 6.07) is 2.83. The van der Waals surface area contributed by atoms with E-state index in [9.17, 15) is 0 Å². The van der Waals surface area contributed by atoms with E-state index in [0.717, 1.165) is 19.6 Å². The average Bonchev–Trinajstić information content (AvgIpc) is 2.51. The molecule has 2 rings (SSSR count). The average molecular weight is 193 g/mol. The second-order valence-electron chi connectivity index (χ2n) is 4.28. The van der Waals surface area contributed by atoms with Crippen LogP contribution in [0.2, 0.25) is 0 Å². The van der Waals surface area contributed by atoms with Crippen LogP contribution in [-0.2, 0) is 13.6 Å². The maximum absolute atomic E-state index is 3.46. The molecule has 0 amide bonds. The molecule has 78 valence electrons. The van der Waals surface area contributed by atoms with Gasteiger partial charge in [-0.3, -0.25) is 4.90 Å². The summed E-state index contributed by atoms with van der Waals surface area (Å²) in [7, 11) is 2.07. The first-order valence-electron chi connectivity index (χ1n) is 5.30. The number of hydrogen-bond donors (Lipinski definition) is 1. The molecule has 0 aromatic carbocycles. The molecule has 0 aliphatic carbocycles. The van der Waals surface area contributed by atoms with Crippen molar-refractivity contribution in [3.63, 3.8) is 0 Å². The highest BCUT2D eigenvalue weighted by Gasteiger charge is 2.15. The van der Waals surface area contributed by atoms with Crippen molar-refractivity contribution in [3.05, 3.63) is 24.0 Å². The first-order valence-corrected chi connectivity index (χ1v) is 5.30. The third-order valence-electron chi connectivity index (χ3n) is 2.75. The highest BCUT2D eigenvalue weighted by molar-refractivity contribution is 5.09. The molecule has 0 bridgehead atoms. The van der Waals surface area contributed by atoms with Gasteiger partial charge in [-0.25, -0.2) is 0 Å². The second kappa shape index (κ2) is 4.15. The predicted octanol–water partition coefficient (Wildman–Crippen LogP) is 0.819. The van der Waals surface area contributed by atoms with Crippen molar-refractivity contribution in [1.29, 1.82) is 0 Å². The van der Waals surface area contributed by atoms with Gasteiger partial charge in [-0.1, -0.05) is 0 Å². The molecule has 1 aromatic heterocycles. The van der Waals surface area contributed by atoms with E-state index in [1.54, 1.807) is 0 Å². The Bertz CT molecular complexity index is 292. The Labute approximate surface area is 85.7 Å². The van der Waals surface area contributed by atoms with Gasteiger partial charge in [-0.15, -0.1) is 0 Å². The molecule has 3 heteroatoms. The second-order valence-corrected chi connectivity index (χ2v) is 4.28. The fourth-order valence-corrected chi connectivity index (χ4v) is 2.07. The van der Waals surface area contributed by atoms with E-state index in [1.807, 2.05) is 0 Å². The van der Waals surface area contributed by atoms with Crippen LogP contribution in [-0.4, -0.2) is 35.1 Å². The molecule has 1 N–H and O–H groups in total. The highest BCUT2D eigenvalue weighted by Crippen LogP contribution is 2.07. The molecule has 0 spiro atoms. The zero-order chi connectivity index (χ0) is 9.97. The molecule has 0 unspecified atom stereocenters. The van der Waals surface area contributed by atoms with Crippen molar-refractivity contribution in [1.82, 2.24) is 14.8 Å². The van der Waals surface area contributed by atoms with Gasteiger partial charge in [-0.2, -0.15) is 0 Å². The number of aromatic nitrogens is 1. The molecule has 0 saturated carbocycles. The zero-order valence-corrected chi connectivity index (χ0v) is 9.03. The summed E-state index contributed by atoms with van der Waals surface area (Å²) in [5.41, 5.74) is 1.42. The molecule has 3 nitrogen and oxygen atoms in total. The van der Waals surface area contributed by atoms with Crippen molar-refractivity contribution in [2.45, 2.75) is 19.5 Å². The Morgan fingerprint density at radius 3 is 3.07 bits per heavy atom. The van der Waals surface area contributed by atoms with Gasteiger partial charge < -0.3 is 9.88 Å². The van der Waals surface area contributed by atoms with Gasteiger partial charge in [0.15, 0.2) is 0 Å². The van der Waals surface area contributed by atoms with E-state index in [2.05, 4.69) is 47.2 Å². The summed E-state index contributed by atoms with van der Waals surface area (Å²) in [6.45, 7) is 6.78. The molecule has 1 atom stereocenters. The van der Waals surface area contributed by atoms with Gasteiger partial charge in [0.2, 0.25) is 0 Å². The molecular weight excluding hydrogens is 174 g/mol. The minimum absolute atomic E-state index is 0.632. The first kappa shape index (κ1) is 9.74. The summed E-state index contributed by atoms with van der Waals surface area (Å²) in [5.74, 6) is 0. The Kier molecular flexibility index (Phi) is 2.89. The van der Waals surface area contributed by atoms with E-state index in [1.165, 1.54) is 12.1 Å². The monoisotopic (exact) mass is 193 g/mol. The van der Waals surface area contributed by atoms with Crippen LogP contribution in [0.25, 0.3) is 0 Å². The molecule has 1 aromatic rings. The van der Waals surface area contributed by atoms with Crippen molar-refractivity contribution < 1.29 is 0 Å². The van der Waals surface area contributed by atoms with Gasteiger partial charge in [0, 0.05) is 51.7 Å². The van der Waals surface area contributed by atoms with Crippen LogP contribution in [0.1, 0.15) is 12.5 Å². The van der Waals surface area contributed by atoms with Crippen LogP contribution < -0.4 is 5.32 Å². The van der Waals surface area contributed by atoms with Crippen LogP contribution in [0.15, 0.2) is 18.5 Å². The molecule has 14 heavy (non-hydrogen) atoms.